The van der Waals surface area contributed by atoms with E-state index in [0.717, 1.165) is 116 Å². The Bertz CT molecular complexity index is 1540. The number of carbonyl (C=O) groups excluding carboxylic acids is 6. The van der Waals surface area contributed by atoms with E-state index >= 15 is 0 Å². The Morgan fingerprint density at radius 3 is 0.571 bits per heavy atom. The van der Waals surface area contributed by atoms with E-state index in [-0.39, 0.29) is 88.4 Å². The summed E-state index contributed by atoms with van der Waals surface area (Å²) in [6.07, 6.45) is 20.2. The zero-order valence-corrected chi connectivity index (χ0v) is 51.2. The highest BCUT2D eigenvalue weighted by atomic mass is 32.1. The smallest absolute Gasteiger partial charge is 0.309 e. The molecule has 0 aromatic carbocycles. The van der Waals surface area contributed by atoms with Gasteiger partial charge in [0.05, 0.1) is 59.6 Å². The van der Waals surface area contributed by atoms with E-state index in [2.05, 4.69) is 75.8 Å². The van der Waals surface area contributed by atoms with Crippen LogP contribution in [0.15, 0.2) is 0 Å². The van der Waals surface area contributed by atoms with Crippen LogP contribution < -0.4 is 0 Å². The monoisotopic (exact) mass is 1190 g/mol. The van der Waals surface area contributed by atoms with Gasteiger partial charge in [-0.25, -0.2) is 0 Å². The topological polar surface area (TPSA) is 167 Å². The second-order valence-electron chi connectivity index (χ2n) is 24.1. The molecule has 0 aromatic rings. The average Bonchev–Trinajstić information content (AvgIpc) is 3.49. The van der Waals surface area contributed by atoms with Crippen LogP contribution in [0, 0.1) is 81.8 Å². The molecule has 0 heterocycles. The fraction of sp³-hybridized carbons (Fsp3) is 0.897. The Hall–Kier alpha value is -1.12. The van der Waals surface area contributed by atoms with Crippen molar-refractivity contribution in [3.8, 4) is 0 Å². The first-order valence-corrected chi connectivity index (χ1v) is 33.4. The van der Waals surface area contributed by atoms with Gasteiger partial charge in [0.25, 0.3) is 0 Å². The lowest BCUT2D eigenvalue weighted by molar-refractivity contribution is -0.182. The van der Waals surface area contributed by atoms with E-state index < -0.39 is 82.2 Å². The number of ether oxygens (including phenoxy) is 7. The van der Waals surface area contributed by atoms with Gasteiger partial charge in [-0.3, -0.25) is 28.8 Å². The Morgan fingerprint density at radius 2 is 0.416 bits per heavy atom. The number of hydrogen-bond donors (Lipinski definition) is 6. The average molecular weight is 1190 g/mol. The molecule has 77 heavy (non-hydrogen) atoms. The van der Waals surface area contributed by atoms with Crippen molar-refractivity contribution in [2.75, 3.05) is 87.4 Å². The van der Waals surface area contributed by atoms with Crippen molar-refractivity contribution in [3.63, 3.8) is 0 Å². The maximum Gasteiger partial charge on any atom is 0.309 e. The second kappa shape index (κ2) is 33.9. The van der Waals surface area contributed by atoms with Crippen LogP contribution in [0.4, 0.5) is 0 Å². The lowest BCUT2D eigenvalue weighted by atomic mass is 9.80. The zero-order valence-electron chi connectivity index (χ0n) is 45.8. The minimum Gasteiger partial charge on any atom is -0.464 e. The molecule has 12 unspecified atom stereocenters. The van der Waals surface area contributed by atoms with Crippen molar-refractivity contribution in [3.05, 3.63) is 0 Å². The molecule has 0 radical (unpaired) electrons. The number of hydrogen-bond acceptors (Lipinski definition) is 19. The van der Waals surface area contributed by atoms with Gasteiger partial charge in [0.2, 0.25) is 0 Å². The van der Waals surface area contributed by atoms with Crippen molar-refractivity contribution in [1.82, 2.24) is 0 Å². The summed E-state index contributed by atoms with van der Waals surface area (Å²) in [5, 5.41) is 0. The molecule has 12 atom stereocenters. The lowest BCUT2D eigenvalue weighted by Crippen LogP contribution is -2.49. The Kier molecular flexibility index (Phi) is 28.6. The summed E-state index contributed by atoms with van der Waals surface area (Å²) in [6, 6.07) is 0. The molecule has 6 aliphatic carbocycles. The predicted octanol–water partition coefficient (Wildman–Crippen LogP) is 10.7. The minimum atomic E-state index is -1.44. The molecule has 6 saturated carbocycles. The molecule has 440 valence electrons. The van der Waals surface area contributed by atoms with E-state index in [4.69, 9.17) is 33.2 Å². The number of carbonyl (C=O) groups is 6. The van der Waals surface area contributed by atoms with Crippen molar-refractivity contribution >= 4 is 112 Å². The van der Waals surface area contributed by atoms with Crippen LogP contribution in [-0.2, 0) is 61.9 Å². The largest absolute Gasteiger partial charge is 0.464 e. The van der Waals surface area contributed by atoms with E-state index in [0.29, 0.717) is 73.0 Å². The van der Waals surface area contributed by atoms with Crippen LogP contribution in [0.3, 0.4) is 0 Å². The van der Waals surface area contributed by atoms with Gasteiger partial charge in [-0.15, -0.1) is 0 Å². The van der Waals surface area contributed by atoms with Crippen molar-refractivity contribution in [1.29, 1.82) is 0 Å². The van der Waals surface area contributed by atoms with Crippen molar-refractivity contribution in [2.24, 2.45) is 81.8 Å². The SMILES string of the molecule is O=C(OCC(COCC(COC(=O)C1CCCCC1CS)(COC(=O)C1CCCCC1CS)COC(=O)C1CCCCC1CS)(COC(=O)C1CCCCC1CS)COC(=O)C1CCCCC1CS)C1CCCCC1CS. The fourth-order valence-electron chi connectivity index (χ4n) is 13.4. The molecular formula is C58H94O13S6. The molecule has 0 saturated heterocycles. The minimum absolute atomic E-state index is 0.0218. The zero-order chi connectivity index (χ0) is 55.2. The molecule has 6 rings (SSSR count). The van der Waals surface area contributed by atoms with Crippen LogP contribution in [0.2, 0.25) is 0 Å². The van der Waals surface area contributed by atoms with Gasteiger partial charge < -0.3 is 33.2 Å². The van der Waals surface area contributed by atoms with E-state index in [9.17, 15) is 28.8 Å². The standard InChI is InChI=1S/C58H94O13S6/c59-51(45-19-7-1-13-39(45)25-72)66-33-57(34-67-52(60)46-20-8-2-14-40(46)26-73,35-68-53(61)47-21-9-3-15-41(47)27-74)31-65-32-58(36-69-54(62)48-22-10-4-16-42(48)28-75,37-70-55(63)49-23-11-5-17-43(49)29-76)38-71-56(64)50-24-12-6-18-44(50)30-77/h39-50,72-77H,1-38H2. The summed E-state index contributed by atoms with van der Waals surface area (Å²) in [6.45, 7) is -2.46. The molecule has 13 nitrogen and oxygen atoms in total. The molecule has 19 heteroatoms. The van der Waals surface area contributed by atoms with E-state index in [1.165, 1.54) is 0 Å². The third-order valence-corrected chi connectivity index (χ3v) is 21.4. The summed E-state index contributed by atoms with van der Waals surface area (Å²) in [5.41, 5.74) is -2.88. The molecule has 0 spiro atoms. The highest BCUT2D eigenvalue weighted by molar-refractivity contribution is 7.81. The molecule has 6 aliphatic rings. The van der Waals surface area contributed by atoms with Crippen LogP contribution in [-0.4, -0.2) is 123 Å². The Morgan fingerprint density at radius 1 is 0.260 bits per heavy atom. The lowest BCUT2D eigenvalue weighted by Gasteiger charge is -2.38. The highest BCUT2D eigenvalue weighted by Crippen LogP contribution is 2.39. The summed E-state index contributed by atoms with van der Waals surface area (Å²) >= 11 is 27.6. The van der Waals surface area contributed by atoms with Gasteiger partial charge >= 0.3 is 35.8 Å². The third kappa shape index (κ3) is 18.9. The van der Waals surface area contributed by atoms with Crippen molar-refractivity contribution in [2.45, 2.75) is 154 Å². The van der Waals surface area contributed by atoms with Gasteiger partial charge in [-0.05, 0) is 147 Å². The first-order valence-electron chi connectivity index (χ1n) is 29.6. The van der Waals surface area contributed by atoms with Gasteiger partial charge in [0.1, 0.15) is 39.6 Å². The number of thiol groups is 6. The second-order valence-corrected chi connectivity index (χ2v) is 26.3. The van der Waals surface area contributed by atoms with Crippen LogP contribution in [0.1, 0.15) is 154 Å². The maximum atomic E-state index is 14.3. The van der Waals surface area contributed by atoms with Gasteiger partial charge in [0.15, 0.2) is 0 Å². The van der Waals surface area contributed by atoms with Crippen molar-refractivity contribution < 1.29 is 61.9 Å². The normalized spacial score (nSPS) is 31.6. The van der Waals surface area contributed by atoms with Gasteiger partial charge in [-0.1, -0.05) is 77.0 Å². The van der Waals surface area contributed by atoms with Crippen LogP contribution in [0.5, 0.6) is 0 Å². The third-order valence-electron chi connectivity index (χ3n) is 18.6. The number of esters is 6. The molecule has 0 aliphatic heterocycles. The molecule has 0 N–H and O–H groups in total. The van der Waals surface area contributed by atoms with Gasteiger partial charge in [0, 0.05) is 0 Å². The van der Waals surface area contributed by atoms with Gasteiger partial charge in [-0.2, -0.15) is 75.8 Å². The fourth-order valence-corrected chi connectivity index (χ4v) is 16.0. The molecule has 6 fully saturated rings. The predicted molar refractivity (Wildman–Crippen MR) is 317 cm³/mol. The molecule has 0 bridgehead atoms. The summed E-state index contributed by atoms with van der Waals surface area (Å²) < 4.78 is 44.8. The summed E-state index contributed by atoms with van der Waals surface area (Å²) in [5.74, 6) is -1.49. The quantitative estimate of drug-likeness (QED) is 0.0249. The Balaban J connectivity index is 1.36. The molecule has 0 aromatic heterocycles. The maximum absolute atomic E-state index is 14.3. The van der Waals surface area contributed by atoms with Crippen LogP contribution in [0.25, 0.3) is 0 Å². The summed E-state index contributed by atoms with van der Waals surface area (Å²) in [7, 11) is 0. The van der Waals surface area contributed by atoms with E-state index in [1.54, 1.807) is 0 Å². The van der Waals surface area contributed by atoms with E-state index in [1.807, 2.05) is 0 Å². The first-order chi connectivity index (χ1) is 37.3. The first kappa shape index (κ1) is 65.0. The molecule has 0 amide bonds. The number of rotatable bonds is 28. The summed E-state index contributed by atoms with van der Waals surface area (Å²) in [4.78, 5) is 85.6. The van der Waals surface area contributed by atoms with Crippen LogP contribution >= 0.6 is 75.8 Å². The highest BCUT2D eigenvalue weighted by Gasteiger charge is 2.46. The molecular weight excluding hydrogens is 1100 g/mol. The Labute approximate surface area is 493 Å².